The summed E-state index contributed by atoms with van der Waals surface area (Å²) in [4.78, 5) is 22.4. The number of hydrogen-bond donors (Lipinski definition) is 2. The summed E-state index contributed by atoms with van der Waals surface area (Å²) in [5.41, 5.74) is 0.638. The highest BCUT2D eigenvalue weighted by Crippen LogP contribution is 2.19. The summed E-state index contributed by atoms with van der Waals surface area (Å²) in [6, 6.07) is 3.46. The number of amides is 1. The number of hydrogen-bond acceptors (Lipinski definition) is 5. The Morgan fingerprint density at radius 1 is 1.44 bits per heavy atom. The predicted octanol–water partition coefficient (Wildman–Crippen LogP) is -0.275. The average molecular weight is 251 g/mol. The molecule has 0 bridgehead atoms. The number of rotatable bonds is 4. The molecule has 1 amide bonds. The molecule has 7 nitrogen and oxygen atoms in total. The molecule has 1 aliphatic heterocycles. The lowest BCUT2D eigenvalue weighted by atomic mass is 10.2. The van der Waals surface area contributed by atoms with Gasteiger partial charge in [0.25, 0.3) is 0 Å². The molecule has 0 aliphatic carbocycles. The van der Waals surface area contributed by atoms with Gasteiger partial charge in [-0.15, -0.1) is 0 Å². The van der Waals surface area contributed by atoms with Gasteiger partial charge in [0.15, 0.2) is 6.10 Å². The Morgan fingerprint density at radius 2 is 2.22 bits per heavy atom. The fraction of sp³-hybridized carbons (Fsp3) is 0.455. The molecule has 0 saturated carbocycles. The van der Waals surface area contributed by atoms with Crippen LogP contribution in [0.5, 0.6) is 0 Å². The Balaban J connectivity index is 1.81. The van der Waals surface area contributed by atoms with Gasteiger partial charge in [-0.1, -0.05) is 0 Å². The molecule has 1 saturated heterocycles. The van der Waals surface area contributed by atoms with Gasteiger partial charge in [0, 0.05) is 6.20 Å². The van der Waals surface area contributed by atoms with Crippen LogP contribution in [0.25, 0.3) is 0 Å². The van der Waals surface area contributed by atoms with Crippen LogP contribution in [0.1, 0.15) is 18.5 Å². The minimum absolute atomic E-state index is 0.254. The Labute approximate surface area is 103 Å². The van der Waals surface area contributed by atoms with Crippen molar-refractivity contribution in [2.24, 2.45) is 0 Å². The van der Waals surface area contributed by atoms with Crippen LogP contribution < -0.4 is 5.32 Å². The molecule has 2 atom stereocenters. The Bertz CT molecular complexity index is 437. The van der Waals surface area contributed by atoms with Gasteiger partial charge >= 0.3 is 5.97 Å². The van der Waals surface area contributed by atoms with E-state index in [1.54, 1.807) is 18.3 Å². The second-order valence-electron chi connectivity index (χ2n) is 3.96. The van der Waals surface area contributed by atoms with Crippen molar-refractivity contribution in [1.29, 1.82) is 0 Å². The summed E-state index contributed by atoms with van der Waals surface area (Å²) in [6.45, 7) is 0.254. The molecule has 1 fully saturated rings. The monoisotopic (exact) mass is 251 g/mol. The maximum Gasteiger partial charge on any atom is 0.332 e. The van der Waals surface area contributed by atoms with Crippen molar-refractivity contribution < 1.29 is 19.4 Å². The summed E-state index contributed by atoms with van der Waals surface area (Å²) in [5.74, 6) is -1.34. The molecule has 1 aromatic heterocycles. The molecule has 7 heteroatoms. The third-order valence-electron chi connectivity index (χ3n) is 2.66. The second kappa shape index (κ2) is 5.54. The van der Waals surface area contributed by atoms with Gasteiger partial charge < -0.3 is 15.2 Å². The van der Waals surface area contributed by atoms with Crippen LogP contribution in [0.4, 0.5) is 0 Å². The van der Waals surface area contributed by atoms with Gasteiger partial charge in [0.2, 0.25) is 5.91 Å². The van der Waals surface area contributed by atoms with E-state index in [0.29, 0.717) is 18.5 Å². The lowest BCUT2D eigenvalue weighted by molar-refractivity contribution is -0.151. The first-order valence-electron chi connectivity index (χ1n) is 5.59. The van der Waals surface area contributed by atoms with Gasteiger partial charge in [-0.25, -0.2) is 4.79 Å². The summed E-state index contributed by atoms with van der Waals surface area (Å²) in [7, 11) is 0. The average Bonchev–Trinajstić information content (AvgIpc) is 2.87. The highest BCUT2D eigenvalue weighted by molar-refractivity contribution is 5.82. The first kappa shape index (κ1) is 12.4. The fourth-order valence-electron chi connectivity index (χ4n) is 1.73. The van der Waals surface area contributed by atoms with Gasteiger partial charge in [0.1, 0.15) is 6.10 Å². The van der Waals surface area contributed by atoms with E-state index in [0.717, 1.165) is 0 Å². The topological polar surface area (TPSA) is 101 Å². The third-order valence-corrected chi connectivity index (χ3v) is 2.66. The molecule has 2 rings (SSSR count). The zero-order valence-corrected chi connectivity index (χ0v) is 9.57. The quantitative estimate of drug-likeness (QED) is 0.763. The highest BCUT2D eigenvalue weighted by Gasteiger charge is 2.34. The number of carbonyl (C=O) groups excluding carboxylic acids is 1. The van der Waals surface area contributed by atoms with E-state index in [9.17, 15) is 9.59 Å². The molecular weight excluding hydrogens is 238 g/mol. The standard InChI is InChI=1S/C11H13N3O4/c15-10(8-3-4-9(18-8)11(16)17)12-6-7-2-1-5-13-14-7/h1-2,5,8-9H,3-4,6H2,(H,12,15)(H,16,17). The van der Waals surface area contributed by atoms with Crippen LogP contribution in [0.2, 0.25) is 0 Å². The largest absolute Gasteiger partial charge is 0.479 e. The molecule has 0 spiro atoms. The maximum atomic E-state index is 11.7. The van der Waals surface area contributed by atoms with Crippen LogP contribution >= 0.6 is 0 Å². The SMILES string of the molecule is O=C(O)C1CCC(C(=O)NCc2cccnn2)O1. The van der Waals surface area contributed by atoms with Crippen LogP contribution in [0.15, 0.2) is 18.3 Å². The van der Waals surface area contributed by atoms with Gasteiger partial charge in [-0.05, 0) is 25.0 Å². The van der Waals surface area contributed by atoms with Crippen molar-refractivity contribution in [1.82, 2.24) is 15.5 Å². The number of carboxylic acids is 1. The zero-order chi connectivity index (χ0) is 13.0. The minimum atomic E-state index is -1.03. The van der Waals surface area contributed by atoms with Crippen molar-refractivity contribution in [2.75, 3.05) is 0 Å². The van der Waals surface area contributed by atoms with Crippen LogP contribution in [0.3, 0.4) is 0 Å². The maximum absolute atomic E-state index is 11.7. The fourth-order valence-corrected chi connectivity index (χ4v) is 1.73. The van der Waals surface area contributed by atoms with Crippen LogP contribution in [-0.2, 0) is 20.9 Å². The van der Waals surface area contributed by atoms with Crippen LogP contribution in [0, 0.1) is 0 Å². The molecular formula is C11H13N3O4. The number of aromatic nitrogens is 2. The van der Waals surface area contributed by atoms with Crippen molar-refractivity contribution in [3.8, 4) is 0 Å². The normalized spacial score (nSPS) is 22.7. The number of ether oxygens (including phenoxy) is 1. The molecule has 1 aromatic rings. The number of aliphatic carboxylic acids is 1. The number of nitrogens with zero attached hydrogens (tertiary/aromatic N) is 2. The lowest BCUT2D eigenvalue weighted by Crippen LogP contribution is -2.35. The molecule has 2 heterocycles. The summed E-state index contributed by atoms with van der Waals surface area (Å²) in [5, 5.41) is 18.9. The van der Waals surface area contributed by atoms with Crippen molar-refractivity contribution in [3.63, 3.8) is 0 Å². The Morgan fingerprint density at radius 3 is 2.83 bits per heavy atom. The van der Waals surface area contributed by atoms with Crippen molar-refractivity contribution in [3.05, 3.63) is 24.0 Å². The summed E-state index contributed by atoms with van der Waals surface area (Å²) < 4.78 is 5.13. The van der Waals surface area contributed by atoms with E-state index in [1.165, 1.54) is 0 Å². The molecule has 2 unspecified atom stereocenters. The first-order valence-corrected chi connectivity index (χ1v) is 5.59. The smallest absolute Gasteiger partial charge is 0.332 e. The number of carboxylic acid groups (broad SMARTS) is 1. The van der Waals surface area contributed by atoms with Gasteiger partial charge in [-0.3, -0.25) is 4.79 Å². The second-order valence-corrected chi connectivity index (χ2v) is 3.96. The molecule has 18 heavy (non-hydrogen) atoms. The lowest BCUT2D eigenvalue weighted by Gasteiger charge is -2.11. The summed E-state index contributed by atoms with van der Waals surface area (Å²) in [6.07, 6.45) is 0.755. The van der Waals surface area contributed by atoms with E-state index in [4.69, 9.17) is 9.84 Å². The van der Waals surface area contributed by atoms with Gasteiger partial charge in [0.05, 0.1) is 12.2 Å². The first-order chi connectivity index (χ1) is 8.66. The van der Waals surface area contributed by atoms with Crippen molar-refractivity contribution in [2.45, 2.75) is 31.6 Å². The Kier molecular flexibility index (Phi) is 3.83. The zero-order valence-electron chi connectivity index (χ0n) is 9.57. The van der Waals surface area contributed by atoms with E-state index in [-0.39, 0.29) is 12.5 Å². The van der Waals surface area contributed by atoms with Crippen molar-refractivity contribution >= 4 is 11.9 Å². The van der Waals surface area contributed by atoms with E-state index in [1.807, 2.05) is 0 Å². The molecule has 2 N–H and O–H groups in total. The van der Waals surface area contributed by atoms with E-state index >= 15 is 0 Å². The molecule has 96 valence electrons. The predicted molar refractivity (Wildman–Crippen MR) is 59.4 cm³/mol. The third kappa shape index (κ3) is 3.01. The minimum Gasteiger partial charge on any atom is -0.479 e. The number of nitrogens with one attached hydrogen (secondary N) is 1. The summed E-state index contributed by atoms with van der Waals surface area (Å²) >= 11 is 0. The molecule has 0 aromatic carbocycles. The molecule has 0 radical (unpaired) electrons. The molecule has 1 aliphatic rings. The van der Waals surface area contributed by atoms with Gasteiger partial charge in [-0.2, -0.15) is 10.2 Å². The highest BCUT2D eigenvalue weighted by atomic mass is 16.5. The number of carbonyl (C=O) groups is 2. The Hall–Kier alpha value is -2.02. The van der Waals surface area contributed by atoms with E-state index in [2.05, 4.69) is 15.5 Å². The van der Waals surface area contributed by atoms with E-state index < -0.39 is 18.2 Å². The van der Waals surface area contributed by atoms with Crippen LogP contribution in [-0.4, -0.2) is 39.4 Å².